The summed E-state index contributed by atoms with van der Waals surface area (Å²) in [5.74, 6) is 0.591. The standard InChI is InChI=1S/C13H9N5O3S/c14-12(19)10-11(18(17-16-10)13-15-3-4-22-13)7-1-2-8-9(5-7)21-6-20-8/h1-5H,6H2,(H2,14,19). The molecule has 0 radical (unpaired) electrons. The third kappa shape index (κ3) is 1.91. The molecule has 0 saturated heterocycles. The molecule has 1 aliphatic heterocycles. The number of ether oxygens (including phenoxy) is 2. The number of thiazole rings is 1. The Balaban J connectivity index is 1.93. The van der Waals surface area contributed by atoms with Gasteiger partial charge in [-0.3, -0.25) is 4.79 Å². The zero-order valence-corrected chi connectivity index (χ0v) is 11.9. The number of rotatable bonds is 3. The Labute approximate surface area is 128 Å². The first-order valence-corrected chi connectivity index (χ1v) is 7.17. The minimum atomic E-state index is -0.657. The Kier molecular flexibility index (Phi) is 2.79. The van der Waals surface area contributed by atoms with E-state index in [1.807, 2.05) is 5.38 Å². The summed E-state index contributed by atoms with van der Waals surface area (Å²) < 4.78 is 12.1. The van der Waals surface area contributed by atoms with Crippen molar-refractivity contribution in [2.45, 2.75) is 0 Å². The SMILES string of the molecule is NC(=O)c1nnn(-c2nccs2)c1-c1ccc2c(c1)OCO2. The molecule has 1 amide bonds. The number of primary amides is 1. The Morgan fingerprint density at radius 2 is 2.18 bits per heavy atom. The molecule has 0 unspecified atom stereocenters. The lowest BCUT2D eigenvalue weighted by atomic mass is 10.1. The first-order chi connectivity index (χ1) is 10.7. The van der Waals surface area contributed by atoms with E-state index in [-0.39, 0.29) is 12.5 Å². The second-order valence-electron chi connectivity index (χ2n) is 4.45. The molecule has 22 heavy (non-hydrogen) atoms. The minimum Gasteiger partial charge on any atom is -0.454 e. The number of hydrogen-bond donors (Lipinski definition) is 1. The van der Waals surface area contributed by atoms with Crippen molar-refractivity contribution in [1.29, 1.82) is 0 Å². The summed E-state index contributed by atoms with van der Waals surface area (Å²) in [6.45, 7) is 0.172. The Morgan fingerprint density at radius 3 is 2.95 bits per heavy atom. The van der Waals surface area contributed by atoms with Gasteiger partial charge < -0.3 is 15.2 Å². The number of carbonyl (C=O) groups is 1. The molecule has 0 fully saturated rings. The van der Waals surface area contributed by atoms with Gasteiger partial charge in [-0.1, -0.05) is 5.21 Å². The van der Waals surface area contributed by atoms with Crippen molar-refractivity contribution in [3.63, 3.8) is 0 Å². The fraction of sp³-hybridized carbons (Fsp3) is 0.0769. The quantitative estimate of drug-likeness (QED) is 0.779. The highest BCUT2D eigenvalue weighted by molar-refractivity contribution is 7.12. The number of benzene rings is 1. The lowest BCUT2D eigenvalue weighted by Crippen LogP contribution is -2.13. The molecular weight excluding hydrogens is 306 g/mol. The zero-order chi connectivity index (χ0) is 15.1. The van der Waals surface area contributed by atoms with Crippen LogP contribution in [0.4, 0.5) is 0 Å². The average Bonchev–Trinajstić information content (AvgIpc) is 3.25. The number of hydrogen-bond acceptors (Lipinski definition) is 7. The molecule has 0 bridgehead atoms. The van der Waals surface area contributed by atoms with E-state index in [4.69, 9.17) is 15.2 Å². The molecule has 9 heteroatoms. The molecule has 2 aromatic heterocycles. The van der Waals surface area contributed by atoms with Crippen molar-refractivity contribution in [2.75, 3.05) is 6.79 Å². The lowest BCUT2D eigenvalue weighted by Gasteiger charge is -2.05. The Bertz CT molecular complexity index is 859. The Morgan fingerprint density at radius 1 is 1.32 bits per heavy atom. The second-order valence-corrected chi connectivity index (χ2v) is 5.32. The minimum absolute atomic E-state index is 0.0778. The van der Waals surface area contributed by atoms with Crippen molar-refractivity contribution >= 4 is 17.2 Å². The van der Waals surface area contributed by atoms with Gasteiger partial charge in [-0.25, -0.2) is 4.98 Å². The molecule has 3 heterocycles. The molecule has 4 rings (SSSR count). The summed E-state index contributed by atoms with van der Waals surface area (Å²) in [6, 6.07) is 5.32. The van der Waals surface area contributed by atoms with Gasteiger partial charge in [0, 0.05) is 17.1 Å². The summed E-state index contributed by atoms with van der Waals surface area (Å²) >= 11 is 1.38. The van der Waals surface area contributed by atoms with Crippen molar-refractivity contribution in [2.24, 2.45) is 5.73 Å². The number of aromatic nitrogens is 4. The summed E-state index contributed by atoms with van der Waals surface area (Å²) in [5, 5.41) is 10.3. The fourth-order valence-corrected chi connectivity index (χ4v) is 2.80. The highest BCUT2D eigenvalue weighted by atomic mass is 32.1. The van der Waals surface area contributed by atoms with Gasteiger partial charge in [0.25, 0.3) is 5.91 Å². The van der Waals surface area contributed by atoms with E-state index < -0.39 is 5.91 Å². The summed E-state index contributed by atoms with van der Waals surface area (Å²) in [4.78, 5) is 15.8. The molecule has 0 saturated carbocycles. The van der Waals surface area contributed by atoms with E-state index in [1.165, 1.54) is 16.0 Å². The van der Waals surface area contributed by atoms with Crippen LogP contribution < -0.4 is 15.2 Å². The third-order valence-corrected chi connectivity index (χ3v) is 3.90. The van der Waals surface area contributed by atoms with E-state index in [1.54, 1.807) is 24.4 Å². The van der Waals surface area contributed by atoms with Gasteiger partial charge in [0.1, 0.15) is 5.69 Å². The maximum Gasteiger partial charge on any atom is 0.271 e. The first-order valence-electron chi connectivity index (χ1n) is 6.29. The van der Waals surface area contributed by atoms with E-state index in [2.05, 4.69) is 15.3 Å². The van der Waals surface area contributed by atoms with Crippen LogP contribution in [0, 0.1) is 0 Å². The molecule has 3 aromatic rings. The predicted octanol–water partition coefficient (Wildman–Crippen LogP) is 1.22. The first kappa shape index (κ1) is 12.8. The molecular formula is C13H9N5O3S. The normalized spacial score (nSPS) is 12.5. The summed E-state index contributed by atoms with van der Waals surface area (Å²) in [6.07, 6.45) is 1.65. The highest BCUT2D eigenvalue weighted by Crippen LogP contribution is 2.37. The molecule has 1 aliphatic rings. The number of amides is 1. The van der Waals surface area contributed by atoms with Crippen LogP contribution in [0.3, 0.4) is 0 Å². The van der Waals surface area contributed by atoms with Gasteiger partial charge in [0.2, 0.25) is 11.9 Å². The van der Waals surface area contributed by atoms with Crippen molar-refractivity contribution in [3.8, 4) is 27.9 Å². The van der Waals surface area contributed by atoms with Gasteiger partial charge >= 0.3 is 0 Å². The van der Waals surface area contributed by atoms with Crippen LogP contribution in [0.1, 0.15) is 10.5 Å². The smallest absolute Gasteiger partial charge is 0.271 e. The number of nitrogens with two attached hydrogens (primary N) is 1. The number of nitrogens with zero attached hydrogens (tertiary/aromatic N) is 4. The van der Waals surface area contributed by atoms with Crippen molar-refractivity contribution < 1.29 is 14.3 Å². The van der Waals surface area contributed by atoms with Crippen LogP contribution in [0.2, 0.25) is 0 Å². The van der Waals surface area contributed by atoms with Crippen LogP contribution >= 0.6 is 11.3 Å². The fourth-order valence-electron chi connectivity index (χ4n) is 2.21. The lowest BCUT2D eigenvalue weighted by molar-refractivity contribution is 0.0996. The summed E-state index contributed by atoms with van der Waals surface area (Å²) in [5.41, 5.74) is 6.65. The van der Waals surface area contributed by atoms with Gasteiger partial charge in [0.15, 0.2) is 17.2 Å². The van der Waals surface area contributed by atoms with Crippen LogP contribution in [-0.4, -0.2) is 32.7 Å². The zero-order valence-electron chi connectivity index (χ0n) is 11.1. The molecule has 2 N–H and O–H groups in total. The highest BCUT2D eigenvalue weighted by Gasteiger charge is 2.23. The van der Waals surface area contributed by atoms with Crippen LogP contribution in [0.25, 0.3) is 16.4 Å². The topological polar surface area (TPSA) is 105 Å². The molecule has 0 spiro atoms. The molecule has 0 aliphatic carbocycles. The summed E-state index contributed by atoms with van der Waals surface area (Å²) in [7, 11) is 0. The van der Waals surface area contributed by atoms with Crippen molar-refractivity contribution in [3.05, 3.63) is 35.5 Å². The van der Waals surface area contributed by atoms with E-state index in [0.717, 1.165) is 0 Å². The molecule has 110 valence electrons. The van der Waals surface area contributed by atoms with Crippen LogP contribution in [-0.2, 0) is 0 Å². The van der Waals surface area contributed by atoms with Gasteiger partial charge in [-0.05, 0) is 18.2 Å². The van der Waals surface area contributed by atoms with Crippen LogP contribution in [0.5, 0.6) is 11.5 Å². The largest absolute Gasteiger partial charge is 0.454 e. The van der Waals surface area contributed by atoms with Crippen LogP contribution in [0.15, 0.2) is 29.8 Å². The number of carbonyl (C=O) groups excluding carboxylic acids is 1. The van der Waals surface area contributed by atoms with E-state index in [0.29, 0.717) is 27.9 Å². The molecule has 1 aromatic carbocycles. The Hall–Kier alpha value is -2.94. The average molecular weight is 315 g/mol. The van der Waals surface area contributed by atoms with Gasteiger partial charge in [-0.2, -0.15) is 4.68 Å². The molecule has 0 atom stereocenters. The van der Waals surface area contributed by atoms with Crippen molar-refractivity contribution in [1.82, 2.24) is 20.0 Å². The maximum absolute atomic E-state index is 11.6. The van der Waals surface area contributed by atoms with E-state index in [9.17, 15) is 4.79 Å². The number of fused-ring (bicyclic) bond motifs is 1. The monoisotopic (exact) mass is 315 g/mol. The second kappa shape index (κ2) is 4.81. The molecule has 8 nitrogen and oxygen atoms in total. The third-order valence-electron chi connectivity index (χ3n) is 3.15. The predicted molar refractivity (Wildman–Crippen MR) is 77.1 cm³/mol. The van der Waals surface area contributed by atoms with Gasteiger partial charge in [-0.15, -0.1) is 16.4 Å². The maximum atomic E-state index is 11.6. The van der Waals surface area contributed by atoms with E-state index >= 15 is 0 Å². The van der Waals surface area contributed by atoms with Gasteiger partial charge in [0.05, 0.1) is 0 Å².